The second-order valence-electron chi connectivity index (χ2n) is 5.30. The summed E-state index contributed by atoms with van der Waals surface area (Å²) in [5.74, 6) is 0. The van der Waals surface area contributed by atoms with Gasteiger partial charge < -0.3 is 0 Å². The summed E-state index contributed by atoms with van der Waals surface area (Å²) in [5.41, 5.74) is 0.450. The van der Waals surface area contributed by atoms with Crippen molar-refractivity contribution in [3.63, 3.8) is 0 Å². The lowest BCUT2D eigenvalue weighted by Crippen LogP contribution is -2.11. The zero-order valence-corrected chi connectivity index (χ0v) is 11.6. The van der Waals surface area contributed by atoms with Gasteiger partial charge in [0.05, 0.1) is 5.56 Å². The average Bonchev–Trinajstić information content (AvgIpc) is 2.90. The quantitative estimate of drug-likeness (QED) is 0.574. The van der Waals surface area contributed by atoms with Gasteiger partial charge in [0.1, 0.15) is 0 Å². The van der Waals surface area contributed by atoms with Crippen LogP contribution < -0.4 is 0 Å². The van der Waals surface area contributed by atoms with Crippen LogP contribution in [0.2, 0.25) is 0 Å². The van der Waals surface area contributed by atoms with Gasteiger partial charge in [0, 0.05) is 12.0 Å². The van der Waals surface area contributed by atoms with Crippen LogP contribution in [0, 0.1) is 0 Å². The maximum Gasteiger partial charge on any atom is 0.416 e. The molecule has 0 unspecified atom stereocenters. The van der Waals surface area contributed by atoms with Crippen molar-refractivity contribution in [1.82, 2.24) is 0 Å². The molecule has 0 atom stereocenters. The van der Waals surface area contributed by atoms with E-state index in [-0.39, 0.29) is 6.42 Å². The number of alkyl halides is 6. The zero-order chi connectivity index (χ0) is 16.8. The van der Waals surface area contributed by atoms with Crippen LogP contribution in [0.25, 0.3) is 17.2 Å². The van der Waals surface area contributed by atoms with Crippen LogP contribution >= 0.6 is 0 Å². The van der Waals surface area contributed by atoms with Crippen molar-refractivity contribution >= 4 is 6.08 Å². The predicted molar refractivity (Wildman–Crippen MR) is 74.6 cm³/mol. The van der Waals surface area contributed by atoms with E-state index in [0.717, 1.165) is 18.2 Å². The summed E-state index contributed by atoms with van der Waals surface area (Å²) in [7, 11) is 0. The first-order chi connectivity index (χ1) is 10.7. The van der Waals surface area contributed by atoms with Crippen LogP contribution in [0.4, 0.5) is 26.3 Å². The number of hydrogen-bond acceptors (Lipinski definition) is 0. The standard InChI is InChI=1S/C17H10F6/c18-16(19,20)12-6-4-10(5-7-12)14-3-1-2-11-8-13(9-15(11)14)17(21,22)23/h1-7,9H,8H2. The third kappa shape index (κ3) is 2.98. The minimum Gasteiger partial charge on any atom is -0.166 e. The van der Waals surface area contributed by atoms with Gasteiger partial charge in [-0.2, -0.15) is 26.3 Å². The lowest BCUT2D eigenvalue weighted by Gasteiger charge is -2.10. The van der Waals surface area contributed by atoms with Crippen LogP contribution in [0.5, 0.6) is 0 Å². The third-order valence-electron chi connectivity index (χ3n) is 3.78. The monoisotopic (exact) mass is 328 g/mol. The highest BCUT2D eigenvalue weighted by Gasteiger charge is 2.36. The van der Waals surface area contributed by atoms with E-state index >= 15 is 0 Å². The van der Waals surface area contributed by atoms with Crippen molar-refractivity contribution in [2.24, 2.45) is 0 Å². The van der Waals surface area contributed by atoms with E-state index in [9.17, 15) is 26.3 Å². The fraction of sp³-hybridized carbons (Fsp3) is 0.176. The molecule has 0 saturated heterocycles. The number of fused-ring (bicyclic) bond motifs is 1. The normalized spacial score (nSPS) is 14.6. The smallest absolute Gasteiger partial charge is 0.166 e. The van der Waals surface area contributed by atoms with E-state index in [1.54, 1.807) is 18.2 Å². The second kappa shape index (κ2) is 5.15. The number of rotatable bonds is 1. The van der Waals surface area contributed by atoms with Crippen molar-refractivity contribution < 1.29 is 26.3 Å². The fourth-order valence-electron chi connectivity index (χ4n) is 2.64. The molecule has 120 valence electrons. The molecule has 0 N–H and O–H groups in total. The highest BCUT2D eigenvalue weighted by Crippen LogP contribution is 2.40. The lowest BCUT2D eigenvalue weighted by atomic mass is 9.96. The molecule has 0 nitrogen and oxygen atoms in total. The molecule has 0 spiro atoms. The van der Waals surface area contributed by atoms with Crippen molar-refractivity contribution in [2.45, 2.75) is 18.8 Å². The molecule has 6 heteroatoms. The van der Waals surface area contributed by atoms with Gasteiger partial charge in [0.2, 0.25) is 0 Å². The summed E-state index contributed by atoms with van der Waals surface area (Å²) in [6.45, 7) is 0. The Labute approximate surface area is 128 Å². The first kappa shape index (κ1) is 15.6. The van der Waals surface area contributed by atoms with E-state index in [4.69, 9.17) is 0 Å². The summed E-state index contributed by atoms with van der Waals surface area (Å²) in [6, 6.07) is 9.22. The van der Waals surface area contributed by atoms with Crippen LogP contribution in [0.1, 0.15) is 16.7 Å². The van der Waals surface area contributed by atoms with Gasteiger partial charge in [-0.3, -0.25) is 0 Å². The Balaban J connectivity index is 2.04. The van der Waals surface area contributed by atoms with Crippen LogP contribution in [-0.4, -0.2) is 6.18 Å². The Bertz CT molecular complexity index is 763. The van der Waals surface area contributed by atoms with Crippen molar-refractivity contribution in [2.75, 3.05) is 0 Å². The number of halogens is 6. The molecule has 23 heavy (non-hydrogen) atoms. The Morgan fingerprint density at radius 2 is 1.39 bits per heavy atom. The molecule has 1 aliphatic rings. The van der Waals surface area contributed by atoms with Gasteiger partial charge in [-0.15, -0.1) is 0 Å². The Morgan fingerprint density at radius 1 is 0.739 bits per heavy atom. The molecule has 0 radical (unpaired) electrons. The zero-order valence-electron chi connectivity index (χ0n) is 11.6. The minimum atomic E-state index is -4.44. The lowest BCUT2D eigenvalue weighted by molar-refractivity contribution is -0.137. The number of hydrogen-bond donors (Lipinski definition) is 0. The van der Waals surface area contributed by atoms with Gasteiger partial charge in [-0.1, -0.05) is 30.3 Å². The summed E-state index contributed by atoms with van der Waals surface area (Å²) >= 11 is 0. The molecule has 3 rings (SSSR count). The van der Waals surface area contributed by atoms with Gasteiger partial charge >= 0.3 is 12.4 Å². The van der Waals surface area contributed by atoms with E-state index < -0.39 is 23.5 Å². The Morgan fingerprint density at radius 3 is 1.96 bits per heavy atom. The number of benzene rings is 2. The Hall–Kier alpha value is -2.24. The molecule has 2 aromatic carbocycles. The topological polar surface area (TPSA) is 0 Å². The first-order valence-electron chi connectivity index (χ1n) is 6.73. The van der Waals surface area contributed by atoms with Crippen molar-refractivity contribution in [1.29, 1.82) is 0 Å². The van der Waals surface area contributed by atoms with E-state index in [2.05, 4.69) is 0 Å². The van der Waals surface area contributed by atoms with Crippen LogP contribution in [-0.2, 0) is 12.6 Å². The number of allylic oxidation sites excluding steroid dienone is 1. The van der Waals surface area contributed by atoms with Crippen LogP contribution in [0.15, 0.2) is 48.0 Å². The van der Waals surface area contributed by atoms with E-state index in [0.29, 0.717) is 22.3 Å². The molecule has 0 fully saturated rings. The van der Waals surface area contributed by atoms with E-state index in [1.807, 2.05) is 0 Å². The molecule has 0 aliphatic heterocycles. The summed E-state index contributed by atoms with van der Waals surface area (Å²) in [4.78, 5) is 0. The van der Waals surface area contributed by atoms with Gasteiger partial charge in [0.25, 0.3) is 0 Å². The highest BCUT2D eigenvalue weighted by molar-refractivity contribution is 5.81. The van der Waals surface area contributed by atoms with Crippen molar-refractivity contribution in [3.05, 3.63) is 64.7 Å². The molecular weight excluding hydrogens is 318 g/mol. The Kier molecular flexibility index (Phi) is 3.50. The summed E-state index contributed by atoms with van der Waals surface area (Å²) < 4.78 is 76.3. The summed E-state index contributed by atoms with van der Waals surface area (Å²) in [6.07, 6.45) is -7.99. The fourth-order valence-corrected chi connectivity index (χ4v) is 2.64. The molecule has 0 aromatic heterocycles. The van der Waals surface area contributed by atoms with Gasteiger partial charge in [0.15, 0.2) is 0 Å². The molecule has 2 aromatic rings. The van der Waals surface area contributed by atoms with Gasteiger partial charge in [-0.05, 0) is 40.5 Å². The highest BCUT2D eigenvalue weighted by atomic mass is 19.4. The maximum atomic E-state index is 12.9. The summed E-state index contributed by atoms with van der Waals surface area (Å²) in [5, 5.41) is 0. The SMILES string of the molecule is FC(F)(F)C1=Cc2c(cccc2-c2ccc(C(F)(F)F)cc2)C1. The third-order valence-corrected chi connectivity index (χ3v) is 3.78. The molecule has 0 bridgehead atoms. The minimum absolute atomic E-state index is 0.215. The van der Waals surface area contributed by atoms with E-state index in [1.165, 1.54) is 12.1 Å². The largest absolute Gasteiger partial charge is 0.416 e. The van der Waals surface area contributed by atoms with Gasteiger partial charge in [-0.25, -0.2) is 0 Å². The molecule has 0 saturated carbocycles. The maximum absolute atomic E-state index is 12.9. The second-order valence-corrected chi connectivity index (χ2v) is 5.30. The molecule has 0 amide bonds. The first-order valence-corrected chi connectivity index (χ1v) is 6.73. The molecule has 1 aliphatic carbocycles. The molecular formula is C17H10F6. The molecule has 0 heterocycles. The predicted octanol–water partition coefficient (Wildman–Crippen LogP) is 5.87. The average molecular weight is 328 g/mol. The van der Waals surface area contributed by atoms with Crippen LogP contribution in [0.3, 0.4) is 0 Å². The van der Waals surface area contributed by atoms with Crippen molar-refractivity contribution in [3.8, 4) is 11.1 Å².